The van der Waals surface area contributed by atoms with Crippen LogP contribution in [0.2, 0.25) is 5.02 Å². The van der Waals surface area contributed by atoms with Gasteiger partial charge >= 0.3 is 0 Å². The number of hydrogen-bond acceptors (Lipinski definition) is 8. The van der Waals surface area contributed by atoms with Crippen LogP contribution in [0, 0.1) is 0 Å². The minimum Gasteiger partial charge on any atom is -0.493 e. The number of anilines is 1. The molecule has 0 saturated carbocycles. The molecule has 1 saturated heterocycles. The van der Waals surface area contributed by atoms with Crippen molar-refractivity contribution in [2.45, 2.75) is 32.0 Å². The predicted octanol–water partition coefficient (Wildman–Crippen LogP) is 3.42. The van der Waals surface area contributed by atoms with Crippen LogP contribution in [0.5, 0.6) is 23.0 Å². The maximum absolute atomic E-state index is 13.8. The number of ether oxygens (including phenoxy) is 4. The number of hydrogen-bond donors (Lipinski definition) is 3. The van der Waals surface area contributed by atoms with E-state index in [0.29, 0.717) is 28.0 Å². The summed E-state index contributed by atoms with van der Waals surface area (Å²) in [5.74, 6) is -0.0772. The summed E-state index contributed by atoms with van der Waals surface area (Å²) in [5.41, 5.74) is 1.56. The van der Waals surface area contributed by atoms with Gasteiger partial charge in [-0.25, -0.2) is 0 Å². The quantitative estimate of drug-likeness (QED) is 0.387. The summed E-state index contributed by atoms with van der Waals surface area (Å²) < 4.78 is 23.0. The Balaban J connectivity index is 1.49. The summed E-state index contributed by atoms with van der Waals surface area (Å²) in [5, 5.41) is 8.89. The Morgan fingerprint density at radius 2 is 1.80 bits per heavy atom. The number of rotatable bonds is 5. The molecule has 6 rings (SSSR count). The van der Waals surface area contributed by atoms with E-state index < -0.39 is 18.1 Å². The van der Waals surface area contributed by atoms with E-state index >= 15 is 0 Å². The monoisotopic (exact) mass is 636 g/mol. The van der Waals surface area contributed by atoms with Crippen molar-refractivity contribution in [1.29, 1.82) is 0 Å². The Kier molecular flexibility index (Phi) is 9.62. The zero-order chi connectivity index (χ0) is 32.1. The fourth-order valence-electron chi connectivity index (χ4n) is 5.07. The van der Waals surface area contributed by atoms with E-state index in [-0.39, 0.29) is 67.3 Å². The van der Waals surface area contributed by atoms with E-state index in [2.05, 4.69) is 16.0 Å². The molecule has 3 aromatic rings. The topological polar surface area (TPSA) is 145 Å². The molecular weight excluding hydrogens is 604 g/mol. The summed E-state index contributed by atoms with van der Waals surface area (Å²) in [6, 6.07) is 13.9. The highest BCUT2D eigenvalue weighted by Crippen LogP contribution is 2.33. The Morgan fingerprint density at radius 1 is 1.00 bits per heavy atom. The minimum absolute atomic E-state index is 0.108. The van der Waals surface area contributed by atoms with Crippen LogP contribution >= 0.6 is 11.6 Å². The van der Waals surface area contributed by atoms with Crippen LogP contribution in [0.15, 0.2) is 54.6 Å². The Morgan fingerprint density at radius 3 is 2.56 bits per heavy atom. The van der Waals surface area contributed by atoms with E-state index in [4.69, 9.17) is 30.5 Å². The fraction of sp³-hybridized carbons (Fsp3) is 0.312. The molecule has 45 heavy (non-hydrogen) atoms. The average Bonchev–Trinajstić information content (AvgIpc) is 3.44. The van der Waals surface area contributed by atoms with E-state index in [0.717, 1.165) is 5.56 Å². The molecule has 0 aliphatic carbocycles. The van der Waals surface area contributed by atoms with Gasteiger partial charge in [-0.1, -0.05) is 24.6 Å². The highest BCUT2D eigenvalue weighted by molar-refractivity contribution is 6.31. The largest absolute Gasteiger partial charge is 0.493 e. The number of carbonyl (C=O) groups is 4. The first-order chi connectivity index (χ1) is 21.7. The van der Waals surface area contributed by atoms with Crippen LogP contribution < -0.4 is 34.9 Å². The lowest BCUT2D eigenvalue weighted by molar-refractivity contribution is -0.123. The molecule has 3 heterocycles. The predicted molar refractivity (Wildman–Crippen MR) is 165 cm³/mol. The average molecular weight is 637 g/mol. The van der Waals surface area contributed by atoms with Crippen LogP contribution in [0.3, 0.4) is 0 Å². The Labute approximate surface area is 264 Å². The summed E-state index contributed by atoms with van der Waals surface area (Å²) >= 11 is 6.18. The molecule has 4 bridgehead atoms. The number of carbonyl (C=O) groups excluding carboxylic acids is 4. The van der Waals surface area contributed by atoms with Crippen LogP contribution in [0.1, 0.15) is 39.6 Å². The van der Waals surface area contributed by atoms with E-state index in [9.17, 15) is 19.2 Å². The normalized spacial score (nSPS) is 18.0. The van der Waals surface area contributed by atoms with Gasteiger partial charge in [0.15, 0.2) is 29.6 Å². The highest BCUT2D eigenvalue weighted by Gasteiger charge is 2.39. The van der Waals surface area contributed by atoms with Crippen molar-refractivity contribution >= 4 is 40.9 Å². The zero-order valence-corrected chi connectivity index (χ0v) is 25.7. The lowest BCUT2D eigenvalue weighted by Gasteiger charge is -2.22. The third kappa shape index (κ3) is 7.23. The van der Waals surface area contributed by atoms with Gasteiger partial charge in [-0.05, 0) is 54.1 Å². The fourth-order valence-corrected chi connectivity index (χ4v) is 5.25. The molecule has 12 nitrogen and oxygen atoms in total. The third-order valence-electron chi connectivity index (χ3n) is 7.46. The zero-order valence-electron chi connectivity index (χ0n) is 25.0. The van der Waals surface area contributed by atoms with Gasteiger partial charge in [0.2, 0.25) is 5.91 Å². The van der Waals surface area contributed by atoms with E-state index in [1.165, 1.54) is 26.4 Å². The maximum atomic E-state index is 13.8. The molecule has 4 amide bonds. The van der Waals surface area contributed by atoms with Crippen LogP contribution in [0.25, 0.3) is 0 Å². The van der Waals surface area contributed by atoms with Gasteiger partial charge in [-0.3, -0.25) is 19.2 Å². The second kappa shape index (κ2) is 13.8. The van der Waals surface area contributed by atoms with Crippen molar-refractivity contribution in [3.8, 4) is 23.0 Å². The third-order valence-corrected chi connectivity index (χ3v) is 7.69. The second-order valence-corrected chi connectivity index (χ2v) is 10.9. The second-order valence-electron chi connectivity index (χ2n) is 10.5. The van der Waals surface area contributed by atoms with Gasteiger partial charge < -0.3 is 39.8 Å². The van der Waals surface area contributed by atoms with E-state index in [1.54, 1.807) is 54.3 Å². The molecule has 3 aliphatic heterocycles. The van der Waals surface area contributed by atoms with Gasteiger partial charge in [-0.2, -0.15) is 0 Å². The number of halogens is 1. The van der Waals surface area contributed by atoms with E-state index in [1.807, 2.05) is 0 Å². The molecule has 0 radical (unpaired) electrons. The Hall–Kier alpha value is -4.97. The van der Waals surface area contributed by atoms with Crippen LogP contribution in [-0.2, 0) is 16.1 Å². The van der Waals surface area contributed by atoms with Crippen molar-refractivity contribution in [1.82, 2.24) is 15.5 Å². The molecule has 3 N–H and O–H groups in total. The standard InChI is InChI=1S/C32H33ClN4O8/c1-4-29(38)35-22-13-20(33)7-8-21(22)32(41)37-15-23-28(16-37)45-25-9-5-18(11-26(25)43-3)14-34-30(39)17-44-27-12-19(31(40)36-23)6-10-24(27)42-2/h5-13,23,28H,4,14-17H2,1-3H3,(H,34,39)(H,35,38)(H,36,40)/t23-,28-/m0/s1. The molecule has 0 spiro atoms. The number of nitrogens with zero attached hydrogens (tertiary/aromatic N) is 1. The van der Waals surface area contributed by atoms with Crippen LogP contribution in [-0.4, -0.2) is 74.6 Å². The summed E-state index contributed by atoms with van der Waals surface area (Å²) in [7, 11) is 2.96. The Bertz CT molecular complexity index is 1630. The van der Waals surface area contributed by atoms with Gasteiger partial charge in [0.05, 0.1) is 38.1 Å². The first kappa shape index (κ1) is 31.5. The van der Waals surface area contributed by atoms with Crippen molar-refractivity contribution in [2.75, 3.05) is 39.2 Å². The summed E-state index contributed by atoms with van der Waals surface area (Å²) in [4.78, 5) is 53.6. The molecule has 3 aliphatic rings. The first-order valence-electron chi connectivity index (χ1n) is 14.3. The molecule has 1 fully saturated rings. The van der Waals surface area contributed by atoms with Gasteiger partial charge in [-0.15, -0.1) is 0 Å². The molecule has 2 atom stereocenters. The molecule has 13 heteroatoms. The first-order valence-corrected chi connectivity index (χ1v) is 14.7. The van der Waals surface area contributed by atoms with Gasteiger partial charge in [0.1, 0.15) is 6.10 Å². The smallest absolute Gasteiger partial charge is 0.258 e. The number of methoxy groups -OCH3 is 2. The summed E-state index contributed by atoms with van der Waals surface area (Å²) in [6.45, 7) is 1.84. The number of fused-ring (bicyclic) bond motifs is 7. The van der Waals surface area contributed by atoms with Crippen molar-refractivity contribution in [3.05, 3.63) is 76.3 Å². The van der Waals surface area contributed by atoms with Crippen LogP contribution in [0.4, 0.5) is 5.69 Å². The molecule has 3 aromatic carbocycles. The summed E-state index contributed by atoms with van der Waals surface area (Å²) in [6.07, 6.45) is -0.457. The van der Waals surface area contributed by atoms with Gasteiger partial charge in [0, 0.05) is 30.1 Å². The number of likely N-dealkylation sites (tertiary alicyclic amines) is 1. The SMILES string of the molecule is CCC(=O)Nc1cc(Cl)ccc1C(=O)N1C[C@@H]2NC(=O)c3ccc(OC)c(c3)OCC(=O)NCc3ccc(c(OC)c3)O[C@H]2C1. The molecular formula is C32H33ClN4O8. The number of amides is 4. The molecule has 236 valence electrons. The maximum Gasteiger partial charge on any atom is 0.258 e. The molecule has 0 aromatic heterocycles. The van der Waals surface area contributed by atoms with Crippen molar-refractivity contribution in [2.24, 2.45) is 0 Å². The number of nitrogens with one attached hydrogen (secondary N) is 3. The molecule has 0 unspecified atom stereocenters. The lowest BCUT2D eigenvalue weighted by Crippen LogP contribution is -2.45. The number of benzene rings is 3. The van der Waals surface area contributed by atoms with Gasteiger partial charge in [0.25, 0.3) is 17.7 Å². The van der Waals surface area contributed by atoms with Crippen molar-refractivity contribution < 1.29 is 38.1 Å². The minimum atomic E-state index is -0.678. The van der Waals surface area contributed by atoms with Crippen molar-refractivity contribution in [3.63, 3.8) is 0 Å². The lowest BCUT2D eigenvalue weighted by atomic mass is 10.1. The highest BCUT2D eigenvalue weighted by atomic mass is 35.5.